The first kappa shape index (κ1) is 14.6. The van der Waals surface area contributed by atoms with Crippen LogP contribution in [-0.4, -0.2) is 30.0 Å². The van der Waals surface area contributed by atoms with Gasteiger partial charge in [0.05, 0.1) is 18.5 Å². The molecule has 1 unspecified atom stereocenters. The van der Waals surface area contributed by atoms with Gasteiger partial charge in [0.2, 0.25) is 0 Å². The van der Waals surface area contributed by atoms with E-state index in [0.29, 0.717) is 0 Å². The van der Waals surface area contributed by atoms with Crippen molar-refractivity contribution < 1.29 is 19.2 Å². The van der Waals surface area contributed by atoms with Crippen LogP contribution in [0.4, 0.5) is 5.69 Å². The Hall–Kier alpha value is -2.44. The van der Waals surface area contributed by atoms with Crippen LogP contribution in [0.2, 0.25) is 0 Å². The van der Waals surface area contributed by atoms with Crippen LogP contribution in [-0.2, 0) is 9.53 Å². The standard InChI is InChI=1S/C12H14N2O5/c1-8(6-11(15)19-2)13-12(16)9-4-3-5-10(7-9)14(17)18/h3-5,7-8H,6H2,1-2H3,(H,13,16). The lowest BCUT2D eigenvalue weighted by Gasteiger charge is -2.12. The van der Waals surface area contributed by atoms with E-state index >= 15 is 0 Å². The minimum absolute atomic E-state index is 0.0389. The van der Waals surface area contributed by atoms with Crippen molar-refractivity contribution >= 4 is 17.6 Å². The number of rotatable bonds is 5. The number of non-ortho nitro benzene ring substituents is 1. The van der Waals surface area contributed by atoms with Crippen LogP contribution in [0.3, 0.4) is 0 Å². The zero-order valence-electron chi connectivity index (χ0n) is 10.6. The molecule has 0 saturated carbocycles. The number of nitrogens with zero attached hydrogens (tertiary/aromatic N) is 1. The zero-order valence-corrected chi connectivity index (χ0v) is 10.6. The van der Waals surface area contributed by atoms with Crippen LogP contribution >= 0.6 is 0 Å². The van der Waals surface area contributed by atoms with E-state index in [1.165, 1.54) is 31.4 Å². The molecule has 0 bridgehead atoms. The molecule has 0 aliphatic heterocycles. The lowest BCUT2D eigenvalue weighted by molar-refractivity contribution is -0.384. The Morgan fingerprint density at radius 2 is 2.16 bits per heavy atom. The molecular weight excluding hydrogens is 252 g/mol. The number of amides is 1. The summed E-state index contributed by atoms with van der Waals surface area (Å²) in [7, 11) is 1.26. The number of benzene rings is 1. The molecule has 0 aliphatic rings. The van der Waals surface area contributed by atoms with Crippen LogP contribution in [0.25, 0.3) is 0 Å². The van der Waals surface area contributed by atoms with Crippen molar-refractivity contribution in [2.45, 2.75) is 19.4 Å². The summed E-state index contributed by atoms with van der Waals surface area (Å²) in [6.45, 7) is 1.65. The Kier molecular flexibility index (Phi) is 4.99. The maximum absolute atomic E-state index is 11.8. The van der Waals surface area contributed by atoms with Crippen LogP contribution in [0.5, 0.6) is 0 Å². The molecule has 0 heterocycles. The summed E-state index contributed by atoms with van der Waals surface area (Å²) in [5.41, 5.74) is 0.0131. The summed E-state index contributed by atoms with van der Waals surface area (Å²) < 4.78 is 4.48. The van der Waals surface area contributed by atoms with Crippen molar-refractivity contribution in [3.63, 3.8) is 0 Å². The van der Waals surface area contributed by atoms with Gasteiger partial charge in [0, 0.05) is 23.7 Å². The summed E-state index contributed by atoms with van der Waals surface area (Å²) in [5, 5.41) is 13.2. The monoisotopic (exact) mass is 266 g/mol. The van der Waals surface area contributed by atoms with Crippen LogP contribution < -0.4 is 5.32 Å². The Morgan fingerprint density at radius 1 is 1.47 bits per heavy atom. The molecule has 19 heavy (non-hydrogen) atoms. The molecule has 1 amide bonds. The number of nitrogens with one attached hydrogen (secondary N) is 1. The third-order valence-electron chi connectivity index (χ3n) is 2.40. The molecule has 0 saturated heterocycles. The highest BCUT2D eigenvalue weighted by atomic mass is 16.6. The van der Waals surface area contributed by atoms with E-state index in [2.05, 4.69) is 10.1 Å². The quantitative estimate of drug-likeness (QED) is 0.491. The van der Waals surface area contributed by atoms with Gasteiger partial charge in [-0.1, -0.05) is 6.07 Å². The molecule has 1 atom stereocenters. The van der Waals surface area contributed by atoms with E-state index in [1.54, 1.807) is 6.92 Å². The smallest absolute Gasteiger partial charge is 0.307 e. The molecule has 1 rings (SSSR count). The van der Waals surface area contributed by atoms with Gasteiger partial charge >= 0.3 is 5.97 Å². The van der Waals surface area contributed by atoms with Gasteiger partial charge in [-0.05, 0) is 13.0 Å². The van der Waals surface area contributed by atoms with E-state index < -0.39 is 22.8 Å². The third kappa shape index (κ3) is 4.38. The number of methoxy groups -OCH3 is 1. The van der Waals surface area contributed by atoms with Gasteiger partial charge in [-0.2, -0.15) is 0 Å². The van der Waals surface area contributed by atoms with Gasteiger partial charge < -0.3 is 10.1 Å². The van der Waals surface area contributed by atoms with Crippen molar-refractivity contribution in [1.29, 1.82) is 0 Å². The summed E-state index contributed by atoms with van der Waals surface area (Å²) in [5.74, 6) is -0.910. The van der Waals surface area contributed by atoms with E-state index in [9.17, 15) is 19.7 Å². The van der Waals surface area contributed by atoms with Crippen molar-refractivity contribution in [2.24, 2.45) is 0 Å². The molecule has 1 aromatic rings. The van der Waals surface area contributed by atoms with Gasteiger partial charge in [0.1, 0.15) is 0 Å². The fourth-order valence-corrected chi connectivity index (χ4v) is 1.45. The molecule has 0 fully saturated rings. The first-order valence-corrected chi connectivity index (χ1v) is 5.56. The number of nitro benzene ring substituents is 1. The molecular formula is C12H14N2O5. The highest BCUT2D eigenvalue weighted by Crippen LogP contribution is 2.13. The van der Waals surface area contributed by atoms with Gasteiger partial charge in [0.25, 0.3) is 11.6 Å². The van der Waals surface area contributed by atoms with E-state index in [-0.39, 0.29) is 17.7 Å². The van der Waals surface area contributed by atoms with Crippen LogP contribution in [0, 0.1) is 10.1 Å². The summed E-state index contributed by atoms with van der Waals surface area (Å²) in [6.07, 6.45) is 0.0389. The fraction of sp³-hybridized carbons (Fsp3) is 0.333. The molecule has 0 spiro atoms. The van der Waals surface area contributed by atoms with E-state index in [4.69, 9.17) is 0 Å². The zero-order chi connectivity index (χ0) is 14.4. The molecule has 7 heteroatoms. The second-order valence-corrected chi connectivity index (χ2v) is 3.96. The molecule has 0 aromatic heterocycles. The van der Waals surface area contributed by atoms with E-state index in [0.717, 1.165) is 0 Å². The number of esters is 1. The van der Waals surface area contributed by atoms with Gasteiger partial charge in [-0.15, -0.1) is 0 Å². The topological polar surface area (TPSA) is 98.5 Å². The average Bonchev–Trinajstić information content (AvgIpc) is 2.38. The number of nitro groups is 1. The number of carbonyl (C=O) groups excluding carboxylic acids is 2. The average molecular weight is 266 g/mol. The number of hydrogen-bond donors (Lipinski definition) is 1. The van der Waals surface area contributed by atoms with Crippen LogP contribution in [0.15, 0.2) is 24.3 Å². The highest BCUT2D eigenvalue weighted by Gasteiger charge is 2.15. The highest BCUT2D eigenvalue weighted by molar-refractivity contribution is 5.95. The first-order valence-electron chi connectivity index (χ1n) is 5.56. The summed E-state index contributed by atoms with van der Waals surface area (Å²) in [4.78, 5) is 32.9. The number of carbonyl (C=O) groups is 2. The van der Waals surface area contributed by atoms with Crippen molar-refractivity contribution in [3.05, 3.63) is 39.9 Å². The molecule has 1 N–H and O–H groups in total. The van der Waals surface area contributed by atoms with Gasteiger partial charge in [-0.3, -0.25) is 19.7 Å². The van der Waals surface area contributed by atoms with Crippen molar-refractivity contribution in [1.82, 2.24) is 5.32 Å². The fourth-order valence-electron chi connectivity index (χ4n) is 1.45. The van der Waals surface area contributed by atoms with Gasteiger partial charge in [-0.25, -0.2) is 0 Å². The first-order chi connectivity index (χ1) is 8.93. The number of hydrogen-bond acceptors (Lipinski definition) is 5. The maximum atomic E-state index is 11.8. The van der Waals surface area contributed by atoms with Crippen LogP contribution in [0.1, 0.15) is 23.7 Å². The second kappa shape index (κ2) is 6.48. The maximum Gasteiger partial charge on any atom is 0.307 e. The normalized spacial score (nSPS) is 11.5. The minimum Gasteiger partial charge on any atom is -0.469 e. The summed E-state index contributed by atoms with van der Waals surface area (Å²) >= 11 is 0. The lowest BCUT2D eigenvalue weighted by Crippen LogP contribution is -2.34. The predicted molar refractivity (Wildman–Crippen MR) is 66.7 cm³/mol. The van der Waals surface area contributed by atoms with Gasteiger partial charge in [0.15, 0.2) is 0 Å². The number of ether oxygens (including phenoxy) is 1. The second-order valence-electron chi connectivity index (χ2n) is 3.96. The Balaban J connectivity index is 2.70. The lowest BCUT2D eigenvalue weighted by atomic mass is 10.1. The third-order valence-corrected chi connectivity index (χ3v) is 2.40. The Morgan fingerprint density at radius 3 is 2.74 bits per heavy atom. The molecule has 7 nitrogen and oxygen atoms in total. The SMILES string of the molecule is COC(=O)CC(C)NC(=O)c1cccc([N+](=O)[O-])c1. The Labute approximate surface area is 109 Å². The predicted octanol–water partition coefficient (Wildman–Crippen LogP) is 1.28. The van der Waals surface area contributed by atoms with Crippen molar-refractivity contribution in [2.75, 3.05) is 7.11 Å². The Bertz CT molecular complexity index is 501. The largest absolute Gasteiger partial charge is 0.469 e. The minimum atomic E-state index is -0.575. The van der Waals surface area contributed by atoms with Crippen molar-refractivity contribution in [3.8, 4) is 0 Å². The molecule has 1 aromatic carbocycles. The molecule has 0 radical (unpaired) electrons. The molecule has 0 aliphatic carbocycles. The molecule has 102 valence electrons. The summed E-state index contributed by atoms with van der Waals surface area (Å²) in [6, 6.07) is 4.96. The van der Waals surface area contributed by atoms with E-state index in [1.807, 2.05) is 0 Å².